The average Bonchev–Trinajstić information content (AvgIpc) is 3.35. The Morgan fingerprint density at radius 3 is 2.20 bits per heavy atom. The standard InChI is InChI=1S/C26H27Cl5N2O2/c1-5-9-25(6-2,14(3)4)24(35)33-20-13-18(7-8-19(20)29)32-23(34)22-21(26(22,30)31)15-10-16(27)12-17(28)11-15/h7-8,10-13,21-22H,3,5-6,9H2,1-2,4H3,(H,32,34)(H,33,35). The van der Waals surface area contributed by atoms with Gasteiger partial charge in [-0.25, -0.2) is 0 Å². The minimum atomic E-state index is -1.30. The van der Waals surface area contributed by atoms with E-state index in [1.54, 1.807) is 36.4 Å². The van der Waals surface area contributed by atoms with Crippen molar-refractivity contribution in [3.63, 3.8) is 0 Å². The summed E-state index contributed by atoms with van der Waals surface area (Å²) in [6.45, 7) is 9.90. The zero-order chi connectivity index (χ0) is 26.1. The van der Waals surface area contributed by atoms with Crippen molar-refractivity contribution in [1.82, 2.24) is 0 Å². The third-order valence-corrected chi connectivity index (χ3v) is 8.30. The molecule has 0 aliphatic heterocycles. The Balaban J connectivity index is 1.79. The predicted molar refractivity (Wildman–Crippen MR) is 148 cm³/mol. The van der Waals surface area contributed by atoms with Crippen LogP contribution in [0, 0.1) is 11.3 Å². The van der Waals surface area contributed by atoms with Gasteiger partial charge in [0.1, 0.15) is 4.33 Å². The summed E-state index contributed by atoms with van der Waals surface area (Å²) in [5.41, 5.74) is 1.61. The van der Waals surface area contributed by atoms with Crippen LogP contribution in [0.5, 0.6) is 0 Å². The fourth-order valence-electron chi connectivity index (χ4n) is 4.57. The molecule has 2 amide bonds. The third kappa shape index (κ3) is 5.78. The summed E-state index contributed by atoms with van der Waals surface area (Å²) in [6.07, 6.45) is 2.11. The van der Waals surface area contributed by atoms with Crippen molar-refractivity contribution < 1.29 is 9.59 Å². The molecule has 0 heterocycles. The lowest BCUT2D eigenvalue weighted by Crippen LogP contribution is -2.36. The summed E-state index contributed by atoms with van der Waals surface area (Å²) >= 11 is 31.5. The van der Waals surface area contributed by atoms with Gasteiger partial charge in [0.15, 0.2) is 0 Å². The van der Waals surface area contributed by atoms with E-state index in [0.29, 0.717) is 44.8 Å². The smallest absolute Gasteiger partial charge is 0.234 e. The number of carbonyl (C=O) groups is 2. The fraction of sp³-hybridized carbons (Fsp3) is 0.385. The van der Waals surface area contributed by atoms with Gasteiger partial charge in [-0.2, -0.15) is 0 Å². The van der Waals surface area contributed by atoms with Gasteiger partial charge < -0.3 is 10.6 Å². The van der Waals surface area contributed by atoms with E-state index in [1.165, 1.54) is 0 Å². The largest absolute Gasteiger partial charge is 0.326 e. The van der Waals surface area contributed by atoms with Crippen LogP contribution in [0.15, 0.2) is 48.6 Å². The van der Waals surface area contributed by atoms with Crippen molar-refractivity contribution >= 4 is 81.2 Å². The molecule has 2 aromatic carbocycles. The molecule has 4 nitrogen and oxygen atoms in total. The van der Waals surface area contributed by atoms with Crippen LogP contribution in [-0.2, 0) is 9.59 Å². The minimum absolute atomic E-state index is 0.180. The molecule has 0 bridgehead atoms. The second-order valence-electron chi connectivity index (χ2n) is 8.94. The molecule has 0 aromatic heterocycles. The molecule has 0 radical (unpaired) electrons. The third-order valence-electron chi connectivity index (χ3n) is 6.59. The molecule has 3 rings (SSSR count). The highest BCUT2D eigenvalue weighted by Crippen LogP contribution is 2.65. The van der Waals surface area contributed by atoms with Gasteiger partial charge in [0.2, 0.25) is 11.8 Å². The average molecular weight is 577 g/mol. The van der Waals surface area contributed by atoms with Gasteiger partial charge in [0.05, 0.1) is 22.0 Å². The normalized spacial score (nSPS) is 20.0. The molecule has 0 spiro atoms. The number of benzene rings is 2. The van der Waals surface area contributed by atoms with Crippen LogP contribution in [0.2, 0.25) is 15.1 Å². The molecule has 2 aromatic rings. The molecular weight excluding hydrogens is 550 g/mol. The van der Waals surface area contributed by atoms with E-state index in [1.807, 2.05) is 20.8 Å². The van der Waals surface area contributed by atoms with E-state index in [2.05, 4.69) is 17.2 Å². The van der Waals surface area contributed by atoms with Crippen molar-refractivity contribution in [1.29, 1.82) is 0 Å². The first kappa shape index (κ1) is 28.1. The summed E-state index contributed by atoms with van der Waals surface area (Å²) in [4.78, 5) is 26.3. The number of hydrogen-bond acceptors (Lipinski definition) is 2. The molecule has 1 fully saturated rings. The van der Waals surface area contributed by atoms with Gasteiger partial charge >= 0.3 is 0 Å². The molecule has 3 unspecified atom stereocenters. The number of amides is 2. The monoisotopic (exact) mass is 574 g/mol. The lowest BCUT2D eigenvalue weighted by molar-refractivity contribution is -0.124. The summed E-state index contributed by atoms with van der Waals surface area (Å²) < 4.78 is -1.30. The molecule has 1 aliphatic rings. The fourth-order valence-corrected chi connectivity index (χ4v) is 6.11. The van der Waals surface area contributed by atoms with E-state index >= 15 is 0 Å². The second kappa shape index (κ2) is 10.9. The Morgan fingerprint density at radius 1 is 1.03 bits per heavy atom. The zero-order valence-corrected chi connectivity index (χ0v) is 23.4. The molecule has 0 saturated heterocycles. The first-order chi connectivity index (χ1) is 16.4. The molecular formula is C26H27Cl5N2O2. The summed E-state index contributed by atoms with van der Waals surface area (Å²) in [5, 5.41) is 6.97. The second-order valence-corrected chi connectivity index (χ2v) is 11.7. The van der Waals surface area contributed by atoms with Crippen LogP contribution >= 0.6 is 58.0 Å². The zero-order valence-electron chi connectivity index (χ0n) is 19.7. The van der Waals surface area contributed by atoms with Gasteiger partial charge in [-0.1, -0.05) is 67.2 Å². The Labute approximate surface area is 231 Å². The number of anilines is 2. The Morgan fingerprint density at radius 2 is 1.66 bits per heavy atom. The van der Waals surface area contributed by atoms with E-state index in [9.17, 15) is 9.59 Å². The maximum Gasteiger partial charge on any atom is 0.234 e. The maximum atomic E-state index is 13.3. The topological polar surface area (TPSA) is 58.2 Å². The van der Waals surface area contributed by atoms with E-state index in [4.69, 9.17) is 58.0 Å². The quantitative estimate of drug-likeness (QED) is 0.231. The Hall–Kier alpha value is -1.43. The number of rotatable bonds is 9. The van der Waals surface area contributed by atoms with Crippen LogP contribution in [-0.4, -0.2) is 16.1 Å². The number of hydrogen-bond donors (Lipinski definition) is 2. The number of alkyl halides is 2. The Kier molecular flexibility index (Phi) is 8.77. The highest BCUT2D eigenvalue weighted by Gasteiger charge is 2.67. The van der Waals surface area contributed by atoms with E-state index in [-0.39, 0.29) is 11.8 Å². The van der Waals surface area contributed by atoms with E-state index < -0.39 is 21.6 Å². The highest BCUT2D eigenvalue weighted by molar-refractivity contribution is 6.53. The lowest BCUT2D eigenvalue weighted by atomic mass is 9.74. The molecule has 35 heavy (non-hydrogen) atoms. The van der Waals surface area contributed by atoms with E-state index in [0.717, 1.165) is 12.0 Å². The summed E-state index contributed by atoms with van der Waals surface area (Å²) in [6, 6.07) is 9.85. The number of halogens is 5. The van der Waals surface area contributed by atoms with Crippen molar-refractivity contribution in [2.24, 2.45) is 11.3 Å². The van der Waals surface area contributed by atoms with Crippen LogP contribution in [0.3, 0.4) is 0 Å². The van der Waals surface area contributed by atoms with Crippen LogP contribution < -0.4 is 10.6 Å². The molecule has 9 heteroatoms. The van der Waals surface area contributed by atoms with Gasteiger partial charge in [-0.05, 0) is 61.7 Å². The number of carbonyl (C=O) groups excluding carboxylic acids is 2. The molecule has 1 aliphatic carbocycles. The van der Waals surface area contributed by atoms with Crippen LogP contribution in [0.1, 0.15) is 51.5 Å². The van der Waals surface area contributed by atoms with Crippen molar-refractivity contribution in [3.05, 3.63) is 69.2 Å². The summed E-state index contributed by atoms with van der Waals surface area (Å²) in [7, 11) is 0. The molecule has 2 N–H and O–H groups in total. The first-order valence-corrected chi connectivity index (χ1v) is 13.2. The van der Waals surface area contributed by atoms with Gasteiger partial charge in [0.25, 0.3) is 0 Å². The van der Waals surface area contributed by atoms with Crippen LogP contribution in [0.25, 0.3) is 0 Å². The van der Waals surface area contributed by atoms with Gasteiger partial charge in [-0.15, -0.1) is 23.2 Å². The van der Waals surface area contributed by atoms with Crippen molar-refractivity contribution in [2.45, 2.75) is 50.3 Å². The first-order valence-electron chi connectivity index (χ1n) is 11.3. The van der Waals surface area contributed by atoms with Gasteiger partial charge in [0, 0.05) is 21.7 Å². The summed E-state index contributed by atoms with van der Waals surface area (Å²) in [5.74, 6) is -1.73. The number of nitrogens with one attached hydrogen (secondary N) is 2. The van der Waals surface area contributed by atoms with Gasteiger partial charge in [-0.3, -0.25) is 9.59 Å². The predicted octanol–water partition coefficient (Wildman–Crippen LogP) is 8.88. The van der Waals surface area contributed by atoms with Crippen molar-refractivity contribution in [3.8, 4) is 0 Å². The maximum absolute atomic E-state index is 13.3. The minimum Gasteiger partial charge on any atom is -0.326 e. The highest BCUT2D eigenvalue weighted by atomic mass is 35.5. The molecule has 1 saturated carbocycles. The molecule has 3 atom stereocenters. The molecule has 188 valence electrons. The van der Waals surface area contributed by atoms with Crippen molar-refractivity contribution in [2.75, 3.05) is 10.6 Å². The Bertz CT molecular complexity index is 1150. The van der Waals surface area contributed by atoms with Crippen LogP contribution in [0.4, 0.5) is 11.4 Å². The SMILES string of the molecule is C=C(C)C(CC)(CCC)C(=O)Nc1cc(NC(=O)C2C(c3cc(Cl)cc(Cl)c3)C2(Cl)Cl)ccc1Cl. The lowest BCUT2D eigenvalue weighted by Gasteiger charge is -2.32.